The van der Waals surface area contributed by atoms with E-state index in [1.807, 2.05) is 19.0 Å². The highest BCUT2D eigenvalue weighted by atomic mass is 35.8. The van der Waals surface area contributed by atoms with Crippen LogP contribution in [0.25, 0.3) is 0 Å². The first-order chi connectivity index (χ1) is 3.42. The van der Waals surface area contributed by atoms with E-state index in [-0.39, 0.29) is 0 Å². The van der Waals surface area contributed by atoms with Crippen LogP contribution in [0.5, 0.6) is 0 Å². The Bertz CT molecular complexity index is 69.4. The van der Waals surface area contributed by atoms with E-state index in [9.17, 15) is 0 Å². The van der Waals surface area contributed by atoms with Crippen molar-refractivity contribution in [1.29, 1.82) is 0 Å². The maximum absolute atomic E-state index is 5.56. The fourth-order valence-electron chi connectivity index (χ4n) is 0.359. The van der Waals surface area contributed by atoms with Crippen molar-refractivity contribution in [3.63, 3.8) is 0 Å². The molecule has 50 valence electrons. The molecule has 0 aliphatic carbocycles. The predicted octanol–water partition coefficient (Wildman–Crippen LogP) is 1.74. The van der Waals surface area contributed by atoms with Crippen LogP contribution in [0.15, 0.2) is 0 Å². The molecule has 0 rings (SSSR count). The second-order valence-electron chi connectivity index (χ2n) is 1.85. The standard InChI is InChI=1S/C3H8Cl3NSi/c1-7(2)3-8(4,5)6/h3H2,1-2H3. The van der Waals surface area contributed by atoms with E-state index in [2.05, 4.69) is 0 Å². The minimum absolute atomic E-state index is 0.595. The van der Waals surface area contributed by atoms with Gasteiger partial charge in [-0.15, -0.1) is 33.2 Å². The van der Waals surface area contributed by atoms with Gasteiger partial charge in [-0.05, 0) is 14.1 Å². The summed E-state index contributed by atoms with van der Waals surface area (Å²) in [5, 5.41) is 0. The second-order valence-corrected chi connectivity index (χ2v) is 10.9. The fraction of sp³-hybridized carbons (Fsp3) is 1.00. The zero-order valence-electron chi connectivity index (χ0n) is 4.79. The van der Waals surface area contributed by atoms with E-state index in [0.717, 1.165) is 0 Å². The predicted molar refractivity (Wildman–Crippen MR) is 41.9 cm³/mol. The van der Waals surface area contributed by atoms with Crippen LogP contribution in [-0.2, 0) is 0 Å². The molecule has 0 aromatic carbocycles. The van der Waals surface area contributed by atoms with Crippen LogP contribution in [0.4, 0.5) is 0 Å². The lowest BCUT2D eigenvalue weighted by atomic mass is 11.0. The Kier molecular flexibility index (Phi) is 3.70. The summed E-state index contributed by atoms with van der Waals surface area (Å²) in [6.07, 6.45) is 0.595. The molecule has 0 radical (unpaired) electrons. The molecule has 0 aromatic rings. The first-order valence-corrected chi connectivity index (χ1v) is 7.37. The van der Waals surface area contributed by atoms with Crippen molar-refractivity contribution in [3.05, 3.63) is 0 Å². The number of hydrogen-bond donors (Lipinski definition) is 0. The second kappa shape index (κ2) is 3.27. The van der Waals surface area contributed by atoms with Crippen LogP contribution in [0.1, 0.15) is 0 Å². The largest absolute Gasteiger partial charge is 0.354 e. The summed E-state index contributed by atoms with van der Waals surface area (Å²) in [6, 6.07) is -2.38. The molecular weight excluding hydrogens is 184 g/mol. The van der Waals surface area contributed by atoms with E-state index in [1.165, 1.54) is 0 Å². The molecule has 0 spiro atoms. The number of hydrogen-bond acceptors (Lipinski definition) is 1. The Balaban J connectivity index is 3.39. The Morgan fingerprint density at radius 3 is 1.62 bits per heavy atom. The highest BCUT2D eigenvalue weighted by molar-refractivity contribution is 7.64. The topological polar surface area (TPSA) is 3.24 Å². The van der Waals surface area contributed by atoms with Crippen LogP contribution in [0.2, 0.25) is 0 Å². The molecule has 0 atom stereocenters. The van der Waals surface area contributed by atoms with Gasteiger partial charge in [0.05, 0.1) is 0 Å². The van der Waals surface area contributed by atoms with Crippen LogP contribution >= 0.6 is 33.2 Å². The van der Waals surface area contributed by atoms with Gasteiger partial charge in [0.15, 0.2) is 0 Å². The first-order valence-electron chi connectivity index (χ1n) is 2.13. The van der Waals surface area contributed by atoms with E-state index >= 15 is 0 Å². The molecule has 0 N–H and O–H groups in total. The lowest BCUT2D eigenvalue weighted by Gasteiger charge is -2.13. The van der Waals surface area contributed by atoms with E-state index in [1.54, 1.807) is 0 Å². The van der Waals surface area contributed by atoms with Crippen LogP contribution in [0, 0.1) is 0 Å². The van der Waals surface area contributed by atoms with Crippen molar-refractivity contribution in [2.45, 2.75) is 0 Å². The number of nitrogens with zero attached hydrogens (tertiary/aromatic N) is 1. The van der Waals surface area contributed by atoms with Gasteiger partial charge in [-0.2, -0.15) is 0 Å². The van der Waals surface area contributed by atoms with Crippen molar-refractivity contribution < 1.29 is 0 Å². The molecule has 0 aliphatic heterocycles. The summed E-state index contributed by atoms with van der Waals surface area (Å²) in [6.45, 7) is 0. The molecule has 8 heavy (non-hydrogen) atoms. The summed E-state index contributed by atoms with van der Waals surface area (Å²) in [4.78, 5) is 1.87. The molecule has 0 saturated carbocycles. The first kappa shape index (κ1) is 9.05. The fourth-order valence-corrected chi connectivity index (χ4v) is 3.23. The third-order valence-electron chi connectivity index (χ3n) is 0.496. The average Bonchev–Trinajstić information content (AvgIpc) is 1.21. The van der Waals surface area contributed by atoms with Crippen molar-refractivity contribution in [2.75, 3.05) is 20.3 Å². The van der Waals surface area contributed by atoms with Gasteiger partial charge in [-0.25, -0.2) is 0 Å². The molecular formula is C3H8Cl3NSi. The minimum atomic E-state index is -2.38. The van der Waals surface area contributed by atoms with Gasteiger partial charge in [-0.1, -0.05) is 0 Å². The van der Waals surface area contributed by atoms with Gasteiger partial charge < -0.3 is 4.90 Å². The van der Waals surface area contributed by atoms with Gasteiger partial charge in [0.2, 0.25) is 0 Å². The highest BCUT2D eigenvalue weighted by Crippen LogP contribution is 2.19. The average molecular weight is 193 g/mol. The zero-order chi connectivity index (χ0) is 6.78. The summed E-state index contributed by atoms with van der Waals surface area (Å²) in [7, 11) is 3.77. The molecule has 0 unspecified atom stereocenters. The third kappa shape index (κ3) is 7.05. The van der Waals surface area contributed by atoms with E-state index in [0.29, 0.717) is 6.17 Å². The van der Waals surface area contributed by atoms with E-state index in [4.69, 9.17) is 33.2 Å². The molecule has 0 aromatic heterocycles. The van der Waals surface area contributed by atoms with Crippen LogP contribution in [-0.4, -0.2) is 31.2 Å². The molecule has 0 fully saturated rings. The minimum Gasteiger partial charge on any atom is -0.309 e. The Morgan fingerprint density at radius 1 is 1.25 bits per heavy atom. The molecule has 0 heterocycles. The smallest absolute Gasteiger partial charge is 0.309 e. The normalized spacial score (nSPS) is 12.8. The summed E-state index contributed by atoms with van der Waals surface area (Å²) in [5.74, 6) is 0. The zero-order valence-corrected chi connectivity index (χ0v) is 8.06. The Labute approximate surface area is 64.6 Å². The monoisotopic (exact) mass is 191 g/mol. The number of rotatable bonds is 2. The lowest BCUT2D eigenvalue weighted by molar-refractivity contribution is 0.477. The van der Waals surface area contributed by atoms with Crippen molar-refractivity contribution in [1.82, 2.24) is 4.90 Å². The SMILES string of the molecule is CN(C)C[Si](Cl)(Cl)Cl. The van der Waals surface area contributed by atoms with Crippen molar-refractivity contribution in [2.24, 2.45) is 0 Å². The number of halogens is 3. The third-order valence-corrected chi connectivity index (χ3v) is 2.56. The molecule has 1 nitrogen and oxygen atoms in total. The van der Waals surface area contributed by atoms with Gasteiger partial charge in [0.25, 0.3) is 0 Å². The van der Waals surface area contributed by atoms with Gasteiger partial charge in [0, 0.05) is 6.17 Å². The van der Waals surface area contributed by atoms with Crippen molar-refractivity contribution >= 4 is 39.2 Å². The summed E-state index contributed by atoms with van der Waals surface area (Å²) >= 11 is 16.7. The summed E-state index contributed by atoms with van der Waals surface area (Å²) < 4.78 is 0. The molecule has 5 heteroatoms. The molecule has 0 aliphatic rings. The van der Waals surface area contributed by atoms with Crippen molar-refractivity contribution in [3.8, 4) is 0 Å². The maximum Gasteiger partial charge on any atom is 0.354 e. The van der Waals surface area contributed by atoms with E-state index < -0.39 is 6.00 Å². The van der Waals surface area contributed by atoms with Gasteiger partial charge in [-0.3, -0.25) is 0 Å². The quantitative estimate of drug-likeness (QED) is 0.476. The molecule has 0 saturated heterocycles. The molecule has 0 amide bonds. The Hall–Kier alpha value is 1.05. The van der Waals surface area contributed by atoms with Gasteiger partial charge in [0.1, 0.15) is 0 Å². The van der Waals surface area contributed by atoms with Crippen LogP contribution < -0.4 is 0 Å². The van der Waals surface area contributed by atoms with Crippen LogP contribution in [0.3, 0.4) is 0 Å². The van der Waals surface area contributed by atoms with Gasteiger partial charge >= 0.3 is 6.00 Å². The lowest BCUT2D eigenvalue weighted by Crippen LogP contribution is -2.29. The Morgan fingerprint density at radius 2 is 1.62 bits per heavy atom. The summed E-state index contributed by atoms with van der Waals surface area (Å²) in [5.41, 5.74) is 0. The maximum atomic E-state index is 5.56. The molecule has 0 bridgehead atoms. The highest BCUT2D eigenvalue weighted by Gasteiger charge is 2.25.